The van der Waals surface area contributed by atoms with Crippen LogP contribution in [0.15, 0.2) is 17.1 Å². The molecule has 0 aliphatic carbocycles. The summed E-state index contributed by atoms with van der Waals surface area (Å²) in [6, 6.07) is 2.14. The van der Waals surface area contributed by atoms with Gasteiger partial charge >= 0.3 is 6.18 Å². The third kappa shape index (κ3) is 15.1. The second kappa shape index (κ2) is 13.7. The van der Waals surface area contributed by atoms with Gasteiger partial charge in [-0.2, -0.15) is 13.2 Å². The lowest BCUT2D eigenvalue weighted by atomic mass is 9.86. The van der Waals surface area contributed by atoms with E-state index in [1.54, 1.807) is 13.8 Å². The van der Waals surface area contributed by atoms with Crippen molar-refractivity contribution in [3.05, 3.63) is 29.3 Å². The molecule has 0 heterocycles. The van der Waals surface area contributed by atoms with Gasteiger partial charge in [0.25, 0.3) is 0 Å². The highest BCUT2D eigenvalue weighted by Gasteiger charge is 2.47. The predicted octanol–water partition coefficient (Wildman–Crippen LogP) is 9.16. The van der Waals surface area contributed by atoms with E-state index < -0.39 is 29.6 Å². The third-order valence-electron chi connectivity index (χ3n) is 4.01. The molecule has 1 rings (SSSR count). The summed E-state index contributed by atoms with van der Waals surface area (Å²) in [6.07, 6.45) is -2.73. The number of carbonyl (C=O) groups excluding carboxylic acids is 1. The van der Waals surface area contributed by atoms with Gasteiger partial charge in [-0.25, -0.2) is 8.78 Å². The van der Waals surface area contributed by atoms with E-state index in [-0.39, 0.29) is 12.2 Å². The van der Waals surface area contributed by atoms with Crippen molar-refractivity contribution >= 4 is 17.2 Å². The van der Waals surface area contributed by atoms with Crippen LogP contribution in [0, 0.1) is 29.4 Å². The molecule has 7 heteroatoms. The third-order valence-corrected chi connectivity index (χ3v) is 4.01. The van der Waals surface area contributed by atoms with Crippen LogP contribution in [0.25, 0.3) is 0 Å². The lowest BCUT2D eigenvalue weighted by molar-refractivity contribution is -0.213. The highest BCUT2D eigenvalue weighted by Crippen LogP contribution is 2.40. The Kier molecular flexibility index (Phi) is 13.9. The zero-order chi connectivity index (χ0) is 25.9. The lowest BCUT2D eigenvalue weighted by Crippen LogP contribution is -2.34. The van der Waals surface area contributed by atoms with Gasteiger partial charge in [0.15, 0.2) is 0 Å². The Morgan fingerprint density at radius 1 is 0.969 bits per heavy atom. The topological polar surface area (TPSA) is 29.4 Å². The second-order valence-corrected chi connectivity index (χ2v) is 10.1. The van der Waals surface area contributed by atoms with Crippen LogP contribution in [0.3, 0.4) is 0 Å². The molecule has 0 fully saturated rings. The van der Waals surface area contributed by atoms with Crippen molar-refractivity contribution < 1.29 is 26.7 Å². The van der Waals surface area contributed by atoms with E-state index in [0.29, 0.717) is 16.7 Å². The molecule has 1 aromatic carbocycles. The van der Waals surface area contributed by atoms with Gasteiger partial charge in [0.05, 0.1) is 11.1 Å². The van der Waals surface area contributed by atoms with E-state index in [0.717, 1.165) is 38.5 Å². The Morgan fingerprint density at radius 3 is 1.81 bits per heavy atom. The van der Waals surface area contributed by atoms with E-state index in [2.05, 4.69) is 32.7 Å². The van der Waals surface area contributed by atoms with Crippen molar-refractivity contribution in [2.45, 2.75) is 101 Å². The van der Waals surface area contributed by atoms with Crippen molar-refractivity contribution in [1.29, 1.82) is 0 Å². The number of ketones is 1. The Bertz CT molecular complexity index is 738. The monoisotopic (exact) mass is 465 g/mol. The molecular weight excluding hydrogens is 425 g/mol. The Balaban J connectivity index is 0. The summed E-state index contributed by atoms with van der Waals surface area (Å²) in [5, 5.41) is 0. The van der Waals surface area contributed by atoms with Crippen LogP contribution in [0.5, 0.6) is 0 Å². The normalized spacial score (nSPS) is 12.4. The first-order chi connectivity index (χ1) is 14.2. The molecule has 0 unspecified atom stereocenters. The number of benzene rings is 1. The van der Waals surface area contributed by atoms with Crippen molar-refractivity contribution in [3.63, 3.8) is 0 Å². The number of hydrogen-bond acceptors (Lipinski definition) is 2. The molecule has 0 radical (unpaired) electrons. The van der Waals surface area contributed by atoms with Gasteiger partial charge in [0, 0.05) is 30.2 Å². The summed E-state index contributed by atoms with van der Waals surface area (Å²) in [4.78, 5) is 15.0. The number of Topliss-reactive ketones (excluding diaryl/α,β-unsaturated/α-hetero) is 1. The summed E-state index contributed by atoms with van der Waals surface area (Å²) in [5.74, 6) is -1.48. The Labute approximate surface area is 190 Å². The molecule has 2 nitrogen and oxygen atoms in total. The summed E-state index contributed by atoms with van der Waals surface area (Å²) in [6.45, 7) is 17.9. The molecule has 32 heavy (non-hydrogen) atoms. The van der Waals surface area contributed by atoms with E-state index in [1.807, 2.05) is 13.8 Å². The average Bonchev–Trinajstić information content (AvgIpc) is 2.57. The largest absolute Gasteiger partial charge is 0.394 e. The zero-order valence-electron chi connectivity index (χ0n) is 21.2. The number of aliphatic imine (C=N–C) groups is 1. The molecule has 0 spiro atoms. The molecule has 0 aliphatic rings. The average molecular weight is 466 g/mol. The summed E-state index contributed by atoms with van der Waals surface area (Å²) >= 11 is 0. The molecule has 0 amide bonds. The fraction of sp³-hybridized carbons (Fsp3) is 0.680. The summed E-state index contributed by atoms with van der Waals surface area (Å²) < 4.78 is 62.6. The number of halogens is 5. The fourth-order valence-corrected chi connectivity index (χ4v) is 2.09. The standard InChI is InChI=1S/C12H15F2N.C8H13F3O.C5H12/c1-4-5-8(2)15-12-7-10(13)6-11(14)9(12)3;1-4-6(12)5-7(2,3)8(9,10)11;1-5(2,3)4/h6-7H,4-5H2,1-3H3;4-5H2,1-3H3;1-4H3. The maximum atomic E-state index is 13.2. The molecular formula is C25H40F5NO. The van der Waals surface area contributed by atoms with Crippen LogP contribution in [0.2, 0.25) is 0 Å². The minimum Gasteiger partial charge on any atom is -0.300 e. The molecule has 186 valence electrons. The second-order valence-electron chi connectivity index (χ2n) is 10.1. The molecule has 0 N–H and O–H groups in total. The number of carbonyl (C=O) groups is 1. The van der Waals surface area contributed by atoms with Gasteiger partial charge in [-0.1, -0.05) is 61.8 Å². The number of hydrogen-bond donors (Lipinski definition) is 0. The van der Waals surface area contributed by atoms with Gasteiger partial charge in [0.2, 0.25) is 0 Å². The maximum Gasteiger partial charge on any atom is 0.394 e. The van der Waals surface area contributed by atoms with Crippen LogP contribution < -0.4 is 0 Å². The molecule has 0 saturated heterocycles. The smallest absolute Gasteiger partial charge is 0.300 e. The van der Waals surface area contributed by atoms with E-state index in [9.17, 15) is 26.7 Å². The molecule has 0 bridgehead atoms. The van der Waals surface area contributed by atoms with Crippen LogP contribution in [0.4, 0.5) is 27.6 Å². The summed E-state index contributed by atoms with van der Waals surface area (Å²) in [7, 11) is 0. The van der Waals surface area contributed by atoms with Gasteiger partial charge in [0.1, 0.15) is 17.4 Å². The molecule has 0 aromatic heterocycles. The molecule has 0 atom stereocenters. The van der Waals surface area contributed by atoms with Gasteiger partial charge in [-0.3, -0.25) is 9.79 Å². The van der Waals surface area contributed by atoms with Crippen LogP contribution >= 0.6 is 0 Å². The maximum absolute atomic E-state index is 13.2. The van der Waals surface area contributed by atoms with Crippen LogP contribution in [0.1, 0.15) is 93.6 Å². The first kappa shape index (κ1) is 32.4. The number of alkyl halides is 3. The van der Waals surface area contributed by atoms with E-state index in [1.165, 1.54) is 6.07 Å². The van der Waals surface area contributed by atoms with Crippen LogP contribution in [-0.4, -0.2) is 17.7 Å². The first-order valence-electron chi connectivity index (χ1n) is 10.8. The number of rotatable bonds is 6. The SMILES string of the molecule is CC(C)(C)C.CCC(=O)CC(C)(C)C(F)(F)F.CCCC(C)=Nc1cc(F)cc(F)c1C. The highest BCUT2D eigenvalue weighted by molar-refractivity contribution is 5.84. The van der Waals surface area contributed by atoms with Gasteiger partial charge < -0.3 is 0 Å². The zero-order valence-corrected chi connectivity index (χ0v) is 21.2. The van der Waals surface area contributed by atoms with Crippen molar-refractivity contribution in [1.82, 2.24) is 0 Å². The highest BCUT2D eigenvalue weighted by atomic mass is 19.4. The Morgan fingerprint density at radius 2 is 1.44 bits per heavy atom. The van der Waals surface area contributed by atoms with E-state index >= 15 is 0 Å². The Hall–Kier alpha value is -1.79. The fourth-order valence-electron chi connectivity index (χ4n) is 2.09. The van der Waals surface area contributed by atoms with Crippen molar-refractivity contribution in [2.75, 3.05) is 0 Å². The van der Waals surface area contributed by atoms with Crippen molar-refractivity contribution in [2.24, 2.45) is 15.8 Å². The lowest BCUT2D eigenvalue weighted by Gasteiger charge is -2.26. The van der Waals surface area contributed by atoms with Crippen molar-refractivity contribution in [3.8, 4) is 0 Å². The van der Waals surface area contributed by atoms with Gasteiger partial charge in [-0.05, 0) is 31.7 Å². The molecule has 1 aromatic rings. The summed E-state index contributed by atoms with van der Waals surface area (Å²) in [5.41, 5.74) is 0.288. The quantitative estimate of drug-likeness (QED) is 0.304. The van der Waals surface area contributed by atoms with E-state index in [4.69, 9.17) is 0 Å². The minimum atomic E-state index is -4.29. The van der Waals surface area contributed by atoms with Crippen LogP contribution in [-0.2, 0) is 4.79 Å². The predicted molar refractivity (Wildman–Crippen MR) is 124 cm³/mol. The van der Waals surface area contributed by atoms with Gasteiger partial charge in [-0.15, -0.1) is 0 Å². The number of nitrogens with zero attached hydrogens (tertiary/aromatic N) is 1. The molecule has 0 aliphatic heterocycles. The minimum absolute atomic E-state index is 0.166. The first-order valence-corrected chi connectivity index (χ1v) is 10.8. The molecule has 0 saturated carbocycles.